The van der Waals surface area contributed by atoms with Crippen LogP contribution in [-0.4, -0.2) is 4.98 Å². The van der Waals surface area contributed by atoms with Crippen LogP contribution in [0.5, 0.6) is 0 Å². The van der Waals surface area contributed by atoms with Gasteiger partial charge in [-0.25, -0.2) is 0 Å². The first-order valence-corrected chi connectivity index (χ1v) is 5.39. The second-order valence-electron chi connectivity index (χ2n) is 4.07. The molecule has 0 atom stereocenters. The molecule has 1 nitrogen and oxygen atoms in total. The van der Waals surface area contributed by atoms with E-state index < -0.39 is 0 Å². The number of hydrogen-bond acceptors (Lipinski definition) is 0. The molecule has 0 bridgehead atoms. The highest BCUT2D eigenvalue weighted by Crippen LogP contribution is 2.24. The first kappa shape index (κ1) is 9.22. The van der Waals surface area contributed by atoms with Crippen molar-refractivity contribution in [3.8, 4) is 11.3 Å². The summed E-state index contributed by atoms with van der Waals surface area (Å²) >= 11 is 0. The summed E-state index contributed by atoms with van der Waals surface area (Å²) in [5.41, 5.74) is 4.80. The first-order valence-electron chi connectivity index (χ1n) is 5.39. The van der Waals surface area contributed by atoms with Crippen LogP contribution in [0, 0.1) is 13.0 Å². The highest BCUT2D eigenvalue weighted by atomic mass is 14.7. The Morgan fingerprint density at radius 2 is 2.06 bits per heavy atom. The fourth-order valence-electron chi connectivity index (χ4n) is 1.96. The molecule has 3 rings (SSSR count). The minimum absolute atomic E-state index is 1.15. The average Bonchev–Trinajstić information content (AvgIpc) is 2.73. The van der Waals surface area contributed by atoms with Gasteiger partial charge in [0.2, 0.25) is 0 Å². The van der Waals surface area contributed by atoms with Gasteiger partial charge in [0.05, 0.1) is 0 Å². The van der Waals surface area contributed by atoms with Gasteiger partial charge in [-0.2, -0.15) is 0 Å². The lowest BCUT2D eigenvalue weighted by molar-refractivity contribution is 1.43. The van der Waals surface area contributed by atoms with Crippen molar-refractivity contribution >= 4 is 10.9 Å². The first-order chi connectivity index (χ1) is 7.83. The summed E-state index contributed by atoms with van der Waals surface area (Å²) in [7, 11) is 0. The van der Waals surface area contributed by atoms with Crippen LogP contribution in [-0.2, 0) is 0 Å². The largest absolute Gasteiger partial charge is 0.355 e. The lowest BCUT2D eigenvalue weighted by Gasteiger charge is -1.95. The van der Waals surface area contributed by atoms with E-state index in [-0.39, 0.29) is 0 Å². The summed E-state index contributed by atoms with van der Waals surface area (Å²) in [4.78, 5) is 3.43. The van der Waals surface area contributed by atoms with E-state index in [4.69, 9.17) is 0 Å². The molecule has 16 heavy (non-hydrogen) atoms. The van der Waals surface area contributed by atoms with E-state index >= 15 is 0 Å². The van der Waals surface area contributed by atoms with E-state index in [1.807, 2.05) is 18.2 Å². The third-order valence-electron chi connectivity index (χ3n) is 2.80. The summed E-state index contributed by atoms with van der Waals surface area (Å²) in [6.45, 7) is 2.11. The Bertz CT molecular complexity index is 620. The van der Waals surface area contributed by atoms with E-state index in [0.29, 0.717) is 0 Å². The van der Waals surface area contributed by atoms with E-state index in [9.17, 15) is 0 Å². The van der Waals surface area contributed by atoms with Gasteiger partial charge in [0.25, 0.3) is 0 Å². The number of rotatable bonds is 1. The number of hydrogen-bond donors (Lipinski definition) is 1. The van der Waals surface area contributed by atoms with Gasteiger partial charge >= 0.3 is 0 Å². The Labute approximate surface area is 94.7 Å². The Morgan fingerprint density at radius 3 is 2.88 bits per heavy atom. The Hall–Kier alpha value is -2.02. The predicted molar refractivity (Wildman–Crippen MR) is 67.3 cm³/mol. The van der Waals surface area contributed by atoms with Crippen molar-refractivity contribution in [3.05, 3.63) is 60.2 Å². The Morgan fingerprint density at radius 1 is 1.12 bits per heavy atom. The number of fused-ring (bicyclic) bond motifs is 1. The zero-order valence-corrected chi connectivity index (χ0v) is 9.12. The van der Waals surface area contributed by atoms with Crippen LogP contribution in [0.15, 0.2) is 48.5 Å². The van der Waals surface area contributed by atoms with Gasteiger partial charge in [0.15, 0.2) is 0 Å². The molecule has 0 spiro atoms. The van der Waals surface area contributed by atoms with Gasteiger partial charge < -0.3 is 4.98 Å². The summed E-state index contributed by atoms with van der Waals surface area (Å²) in [5, 5.41) is 1.25. The van der Waals surface area contributed by atoms with Crippen LogP contribution in [0.1, 0.15) is 5.56 Å². The maximum absolute atomic E-state index is 3.43. The molecular weight excluding hydrogens is 194 g/mol. The van der Waals surface area contributed by atoms with Gasteiger partial charge in [-0.05, 0) is 42.3 Å². The van der Waals surface area contributed by atoms with E-state index in [0.717, 1.165) is 5.69 Å². The summed E-state index contributed by atoms with van der Waals surface area (Å²) in [6.07, 6.45) is 0. The van der Waals surface area contributed by atoms with Crippen LogP contribution >= 0.6 is 0 Å². The zero-order valence-electron chi connectivity index (χ0n) is 9.12. The van der Waals surface area contributed by atoms with Crippen LogP contribution in [0.3, 0.4) is 0 Å². The van der Waals surface area contributed by atoms with E-state index in [1.165, 1.54) is 22.0 Å². The second-order valence-corrected chi connectivity index (χ2v) is 4.07. The number of aromatic amines is 1. The molecule has 2 aromatic carbocycles. The van der Waals surface area contributed by atoms with Gasteiger partial charge in [0.1, 0.15) is 0 Å². The van der Waals surface area contributed by atoms with Crippen molar-refractivity contribution in [2.45, 2.75) is 6.92 Å². The van der Waals surface area contributed by atoms with E-state index in [1.54, 1.807) is 0 Å². The average molecular weight is 206 g/mol. The molecule has 0 amide bonds. The number of nitrogens with one attached hydrogen (secondary N) is 1. The maximum Gasteiger partial charge on any atom is 0.0464 e. The molecule has 1 N–H and O–H groups in total. The van der Waals surface area contributed by atoms with Crippen molar-refractivity contribution in [3.63, 3.8) is 0 Å². The molecule has 77 valence electrons. The second kappa shape index (κ2) is 3.53. The Kier molecular flexibility index (Phi) is 2.03. The number of aryl methyl sites for hydroxylation is 1. The predicted octanol–water partition coefficient (Wildman–Crippen LogP) is 3.94. The molecule has 1 heteroatoms. The van der Waals surface area contributed by atoms with Gasteiger partial charge in [-0.3, -0.25) is 0 Å². The molecule has 0 fully saturated rings. The lowest BCUT2D eigenvalue weighted by atomic mass is 10.1. The summed E-state index contributed by atoms with van der Waals surface area (Å²) in [6, 6.07) is 19.7. The van der Waals surface area contributed by atoms with Crippen LogP contribution < -0.4 is 0 Å². The minimum atomic E-state index is 1.15. The molecular formula is C15H12N. The standard InChI is InChI=1S/C15H12N/c1-11-7-8-13-10-15(16-14(13)9-11)12-5-3-2-4-6-12/h2-3,5-10,16H,1H3. The Balaban J connectivity index is 2.19. The molecule has 0 aliphatic rings. The van der Waals surface area contributed by atoms with Crippen molar-refractivity contribution < 1.29 is 0 Å². The van der Waals surface area contributed by atoms with Crippen molar-refractivity contribution in [2.24, 2.45) is 0 Å². The summed E-state index contributed by atoms with van der Waals surface area (Å²) < 4.78 is 0. The highest BCUT2D eigenvalue weighted by molar-refractivity contribution is 5.86. The van der Waals surface area contributed by atoms with Gasteiger partial charge in [-0.15, -0.1) is 0 Å². The van der Waals surface area contributed by atoms with Gasteiger partial charge in [-0.1, -0.05) is 30.3 Å². The quantitative estimate of drug-likeness (QED) is 0.620. The van der Waals surface area contributed by atoms with Crippen molar-refractivity contribution in [1.82, 2.24) is 4.98 Å². The molecule has 1 heterocycles. The zero-order chi connectivity index (χ0) is 11.0. The van der Waals surface area contributed by atoms with E-state index in [2.05, 4.69) is 48.3 Å². The molecule has 1 radical (unpaired) electrons. The van der Waals surface area contributed by atoms with Crippen molar-refractivity contribution in [2.75, 3.05) is 0 Å². The SMILES string of the molecule is Cc1ccc2cc(-c3c[c]ccc3)[nH]c2c1. The van der Waals surface area contributed by atoms with Crippen molar-refractivity contribution in [1.29, 1.82) is 0 Å². The topological polar surface area (TPSA) is 15.8 Å². The lowest BCUT2D eigenvalue weighted by Crippen LogP contribution is -1.75. The molecule has 1 aromatic heterocycles. The third-order valence-corrected chi connectivity index (χ3v) is 2.80. The fourth-order valence-corrected chi connectivity index (χ4v) is 1.96. The minimum Gasteiger partial charge on any atom is -0.355 e. The molecule has 0 aliphatic carbocycles. The van der Waals surface area contributed by atoms with Crippen LogP contribution in [0.2, 0.25) is 0 Å². The number of aromatic nitrogens is 1. The monoisotopic (exact) mass is 206 g/mol. The fraction of sp³-hybridized carbons (Fsp3) is 0.0667. The smallest absolute Gasteiger partial charge is 0.0464 e. The van der Waals surface area contributed by atoms with Crippen LogP contribution in [0.25, 0.3) is 22.2 Å². The number of benzene rings is 2. The molecule has 3 aromatic rings. The molecule has 0 saturated heterocycles. The summed E-state index contributed by atoms with van der Waals surface area (Å²) in [5.74, 6) is 0. The normalized spacial score (nSPS) is 10.8. The van der Waals surface area contributed by atoms with Crippen LogP contribution in [0.4, 0.5) is 0 Å². The molecule has 0 aliphatic heterocycles. The third kappa shape index (κ3) is 1.50. The highest BCUT2D eigenvalue weighted by Gasteiger charge is 2.02. The number of H-pyrrole nitrogens is 1. The molecule has 0 saturated carbocycles. The maximum atomic E-state index is 3.43. The molecule has 0 unspecified atom stereocenters. The van der Waals surface area contributed by atoms with Gasteiger partial charge in [0, 0.05) is 16.6 Å².